The molecular weight excluding hydrogens is 356 g/mol. The molecule has 7 nitrogen and oxygen atoms in total. The molecule has 1 aromatic rings. The summed E-state index contributed by atoms with van der Waals surface area (Å²) in [6, 6.07) is 0.196. The van der Waals surface area contributed by atoms with Gasteiger partial charge in [0, 0.05) is 38.5 Å². The molecule has 1 saturated heterocycles. The van der Waals surface area contributed by atoms with Crippen molar-refractivity contribution in [2.24, 2.45) is 22.7 Å². The lowest BCUT2D eigenvalue weighted by molar-refractivity contribution is -0.135. The van der Waals surface area contributed by atoms with Gasteiger partial charge in [-0.25, -0.2) is 4.98 Å². The fourth-order valence-corrected chi connectivity index (χ4v) is 6.23. The maximum absolute atomic E-state index is 12.2. The summed E-state index contributed by atoms with van der Waals surface area (Å²) in [6.45, 7) is 7.49. The Labute approximate surface area is 166 Å². The minimum atomic E-state index is -0.205. The van der Waals surface area contributed by atoms with Crippen LogP contribution in [0.15, 0.2) is 18.6 Å². The summed E-state index contributed by atoms with van der Waals surface area (Å²) in [7, 11) is 0. The molecule has 0 radical (unpaired) electrons. The van der Waals surface area contributed by atoms with Crippen LogP contribution in [-0.4, -0.2) is 47.1 Å². The number of fused-ring (bicyclic) bond motifs is 1. The van der Waals surface area contributed by atoms with E-state index in [0.29, 0.717) is 24.1 Å². The molecule has 2 saturated carbocycles. The Balaban J connectivity index is 1.42. The van der Waals surface area contributed by atoms with Crippen LogP contribution >= 0.6 is 0 Å². The van der Waals surface area contributed by atoms with Crippen LogP contribution in [-0.2, 0) is 9.53 Å². The van der Waals surface area contributed by atoms with E-state index in [1.54, 1.807) is 13.1 Å². The van der Waals surface area contributed by atoms with Crippen LogP contribution < -0.4 is 10.6 Å². The normalized spacial score (nSPS) is 35.2. The lowest BCUT2D eigenvalue weighted by Gasteiger charge is -2.53. The van der Waals surface area contributed by atoms with E-state index in [9.17, 15) is 9.59 Å². The highest BCUT2D eigenvalue weighted by Crippen LogP contribution is 2.68. The zero-order chi connectivity index (χ0) is 19.9. The van der Waals surface area contributed by atoms with Gasteiger partial charge in [0.1, 0.15) is 5.69 Å². The molecule has 1 unspecified atom stereocenters. The summed E-state index contributed by atoms with van der Waals surface area (Å²) < 4.78 is 6.16. The van der Waals surface area contributed by atoms with E-state index >= 15 is 0 Å². The number of carbonyl (C=O) groups excluding carboxylic acids is 2. The first-order chi connectivity index (χ1) is 13.3. The molecule has 1 aliphatic heterocycles. The van der Waals surface area contributed by atoms with Gasteiger partial charge < -0.3 is 15.4 Å². The predicted octanol–water partition coefficient (Wildman–Crippen LogP) is 1.94. The number of hydrogen-bond donors (Lipinski definition) is 2. The average Bonchev–Trinajstić information content (AvgIpc) is 3.16. The van der Waals surface area contributed by atoms with Crippen molar-refractivity contribution in [2.75, 3.05) is 13.2 Å². The number of nitrogens with zero attached hydrogens (tertiary/aromatic N) is 2. The van der Waals surface area contributed by atoms with Gasteiger partial charge in [-0.15, -0.1) is 0 Å². The largest absolute Gasteiger partial charge is 0.378 e. The quantitative estimate of drug-likeness (QED) is 0.807. The Hall–Kier alpha value is -2.02. The van der Waals surface area contributed by atoms with Crippen molar-refractivity contribution in [3.63, 3.8) is 0 Å². The Bertz CT molecular complexity index is 753. The van der Waals surface area contributed by atoms with E-state index in [-0.39, 0.29) is 34.8 Å². The highest BCUT2D eigenvalue weighted by Gasteiger charge is 2.68. The summed E-state index contributed by atoms with van der Waals surface area (Å²) >= 11 is 0. The predicted molar refractivity (Wildman–Crippen MR) is 103 cm³/mol. The van der Waals surface area contributed by atoms with Crippen molar-refractivity contribution in [1.82, 2.24) is 20.6 Å². The summed E-state index contributed by atoms with van der Waals surface area (Å²) in [6.07, 6.45) is 8.75. The van der Waals surface area contributed by atoms with E-state index in [4.69, 9.17) is 4.74 Å². The molecule has 1 aromatic heterocycles. The zero-order valence-corrected chi connectivity index (χ0v) is 16.9. The topological polar surface area (TPSA) is 93.2 Å². The molecule has 28 heavy (non-hydrogen) atoms. The molecule has 4 rings (SSSR count). The molecule has 2 bridgehead atoms. The Kier molecular flexibility index (Phi) is 4.89. The van der Waals surface area contributed by atoms with Gasteiger partial charge in [-0.1, -0.05) is 13.8 Å². The smallest absolute Gasteiger partial charge is 0.271 e. The van der Waals surface area contributed by atoms with E-state index in [1.165, 1.54) is 18.8 Å². The Morgan fingerprint density at radius 2 is 2.14 bits per heavy atom. The molecule has 2 amide bonds. The molecule has 152 valence electrons. The van der Waals surface area contributed by atoms with Crippen molar-refractivity contribution in [2.45, 2.75) is 58.6 Å². The summed E-state index contributed by atoms with van der Waals surface area (Å²) in [5.41, 5.74) is 0.568. The first-order valence-corrected chi connectivity index (χ1v) is 10.3. The molecule has 2 N–H and O–H groups in total. The second kappa shape index (κ2) is 7.10. The van der Waals surface area contributed by atoms with Gasteiger partial charge >= 0.3 is 0 Å². The number of carbonyl (C=O) groups is 2. The van der Waals surface area contributed by atoms with Gasteiger partial charge in [0.05, 0.1) is 12.3 Å². The van der Waals surface area contributed by atoms with Gasteiger partial charge in [-0.2, -0.15) is 0 Å². The van der Waals surface area contributed by atoms with Crippen LogP contribution in [0.1, 0.15) is 56.9 Å². The first kappa shape index (κ1) is 19.3. The third kappa shape index (κ3) is 3.09. The molecule has 0 aromatic carbocycles. The molecule has 2 aliphatic carbocycles. The maximum Gasteiger partial charge on any atom is 0.271 e. The number of amides is 2. The van der Waals surface area contributed by atoms with Gasteiger partial charge in [0.15, 0.2) is 0 Å². The molecule has 2 heterocycles. The van der Waals surface area contributed by atoms with Crippen LogP contribution in [0.5, 0.6) is 0 Å². The number of rotatable bonds is 5. The molecule has 5 atom stereocenters. The van der Waals surface area contributed by atoms with E-state index in [2.05, 4.69) is 34.4 Å². The lowest BCUT2D eigenvalue weighted by Crippen LogP contribution is -2.60. The third-order valence-electron chi connectivity index (χ3n) is 7.48. The fraction of sp³-hybridized carbons (Fsp3) is 0.714. The van der Waals surface area contributed by atoms with Crippen LogP contribution in [0, 0.1) is 22.7 Å². The van der Waals surface area contributed by atoms with Crippen LogP contribution in [0.2, 0.25) is 0 Å². The average molecular weight is 386 g/mol. The molecule has 7 heteroatoms. The molecular formula is C21H30N4O3. The van der Waals surface area contributed by atoms with Crippen LogP contribution in [0.4, 0.5) is 0 Å². The second-order valence-electron chi connectivity index (χ2n) is 9.23. The van der Waals surface area contributed by atoms with Gasteiger partial charge in [0.2, 0.25) is 5.91 Å². The highest BCUT2D eigenvalue weighted by molar-refractivity contribution is 5.91. The fourth-order valence-electron chi connectivity index (χ4n) is 6.23. The monoisotopic (exact) mass is 386 g/mol. The van der Waals surface area contributed by atoms with Gasteiger partial charge in [0.25, 0.3) is 5.91 Å². The summed E-state index contributed by atoms with van der Waals surface area (Å²) in [5.74, 6) is 0.888. The van der Waals surface area contributed by atoms with Crippen molar-refractivity contribution < 1.29 is 14.3 Å². The maximum atomic E-state index is 12.2. The summed E-state index contributed by atoms with van der Waals surface area (Å²) in [4.78, 5) is 32.1. The van der Waals surface area contributed by atoms with Crippen molar-refractivity contribution >= 4 is 11.8 Å². The minimum absolute atomic E-state index is 0.0537. The first-order valence-electron chi connectivity index (χ1n) is 10.3. The number of ether oxygens (including phenoxy) is 1. The van der Waals surface area contributed by atoms with E-state index in [1.807, 2.05) is 0 Å². The van der Waals surface area contributed by atoms with E-state index in [0.717, 1.165) is 25.9 Å². The minimum Gasteiger partial charge on any atom is -0.378 e. The summed E-state index contributed by atoms with van der Waals surface area (Å²) in [5, 5.41) is 6.23. The van der Waals surface area contributed by atoms with Crippen LogP contribution in [0.25, 0.3) is 0 Å². The Morgan fingerprint density at radius 1 is 1.32 bits per heavy atom. The lowest BCUT2D eigenvalue weighted by atomic mass is 9.59. The SMILES string of the molecule is CC(=O)N[C@H]1C(C)(C)[C@@H]2C[C@@H]3[C@@H](CCNC(=O)c4cnccn4)OCCC31C2. The molecule has 3 fully saturated rings. The third-order valence-corrected chi connectivity index (χ3v) is 7.48. The zero-order valence-electron chi connectivity index (χ0n) is 16.9. The number of hydrogen-bond acceptors (Lipinski definition) is 5. The second-order valence-corrected chi connectivity index (χ2v) is 9.23. The van der Waals surface area contributed by atoms with Crippen molar-refractivity contribution in [3.8, 4) is 0 Å². The van der Waals surface area contributed by atoms with E-state index < -0.39 is 0 Å². The molecule has 3 aliphatic rings. The standard InChI is InChI=1S/C21H30N4O3/c1-13(26)25-19-20(2,3)14-10-15-17(28-9-5-21(15,19)11-14)4-6-24-18(27)16-12-22-7-8-23-16/h7-8,12,14-15,17,19H,4-6,9-11H2,1-3H3,(H,24,27)(H,25,26)/t14-,15-,17-,19+,21?/m1/s1. The van der Waals surface area contributed by atoms with Crippen molar-refractivity contribution in [3.05, 3.63) is 24.3 Å². The van der Waals surface area contributed by atoms with Crippen LogP contribution in [0.3, 0.4) is 0 Å². The highest BCUT2D eigenvalue weighted by atomic mass is 16.5. The Morgan fingerprint density at radius 3 is 2.86 bits per heavy atom. The van der Waals surface area contributed by atoms with Gasteiger partial charge in [-0.3, -0.25) is 14.6 Å². The number of aromatic nitrogens is 2. The van der Waals surface area contributed by atoms with Crippen molar-refractivity contribution in [1.29, 1.82) is 0 Å². The number of nitrogens with one attached hydrogen (secondary N) is 2. The molecule has 1 spiro atoms. The van der Waals surface area contributed by atoms with Gasteiger partial charge in [-0.05, 0) is 48.3 Å².